The third-order valence-corrected chi connectivity index (χ3v) is 4.58. The van der Waals surface area contributed by atoms with Crippen molar-refractivity contribution in [3.8, 4) is 11.4 Å². The highest BCUT2D eigenvalue weighted by molar-refractivity contribution is 5.90. The van der Waals surface area contributed by atoms with Crippen LogP contribution in [0.4, 0.5) is 5.82 Å². The van der Waals surface area contributed by atoms with E-state index in [2.05, 4.69) is 9.88 Å². The Labute approximate surface area is 155 Å². The number of fused-ring (bicyclic) bond motifs is 1. The molecular formula is C19H20N4O4. The van der Waals surface area contributed by atoms with E-state index in [-0.39, 0.29) is 13.2 Å². The molecule has 0 aliphatic carbocycles. The second-order valence-electron chi connectivity index (χ2n) is 6.40. The average Bonchev–Trinajstić information content (AvgIpc) is 3.10. The van der Waals surface area contributed by atoms with Crippen molar-refractivity contribution in [2.24, 2.45) is 0 Å². The van der Waals surface area contributed by atoms with Gasteiger partial charge in [0.1, 0.15) is 12.1 Å². The molecule has 4 rings (SSSR count). The molecule has 0 radical (unpaired) electrons. The lowest BCUT2D eigenvalue weighted by atomic mass is 10.1. The lowest BCUT2D eigenvalue weighted by Crippen LogP contribution is -2.37. The highest BCUT2D eigenvalue weighted by atomic mass is 16.5. The largest absolute Gasteiger partial charge is 0.480 e. The first kappa shape index (κ1) is 17.4. The predicted molar refractivity (Wildman–Crippen MR) is 99.6 cm³/mol. The van der Waals surface area contributed by atoms with E-state index in [1.54, 1.807) is 10.8 Å². The number of morpholine rings is 1. The van der Waals surface area contributed by atoms with Gasteiger partial charge in [-0.2, -0.15) is 0 Å². The summed E-state index contributed by atoms with van der Waals surface area (Å²) >= 11 is 0. The molecule has 8 heteroatoms. The minimum absolute atomic E-state index is 0.0542. The Kier molecular flexibility index (Phi) is 4.74. The highest BCUT2D eigenvalue weighted by Gasteiger charge is 2.21. The topological polar surface area (TPSA) is 101 Å². The van der Waals surface area contributed by atoms with Crippen molar-refractivity contribution in [2.45, 2.75) is 13.2 Å². The summed E-state index contributed by atoms with van der Waals surface area (Å²) in [6.07, 6.45) is 1.73. The molecule has 1 aliphatic rings. The number of nitrogens with zero attached hydrogens (tertiary/aromatic N) is 4. The predicted octanol–water partition coefficient (Wildman–Crippen LogP) is 1.51. The smallest absolute Gasteiger partial charge is 0.323 e. The van der Waals surface area contributed by atoms with E-state index in [0.29, 0.717) is 49.0 Å². The van der Waals surface area contributed by atoms with Gasteiger partial charge >= 0.3 is 5.97 Å². The molecule has 0 saturated carbocycles. The molecule has 1 fully saturated rings. The SMILES string of the molecule is O=C(O)Cn1ccc2nc(-c3cccc(CO)c3)nc(N3CCOCC3)c21. The minimum atomic E-state index is -0.917. The van der Waals surface area contributed by atoms with Crippen LogP contribution in [0, 0.1) is 0 Å². The summed E-state index contributed by atoms with van der Waals surface area (Å²) in [5, 5.41) is 18.6. The number of carboxylic acids is 1. The van der Waals surface area contributed by atoms with Gasteiger partial charge in [0.15, 0.2) is 11.6 Å². The number of carboxylic acid groups (broad SMARTS) is 1. The van der Waals surface area contributed by atoms with Crippen molar-refractivity contribution < 1.29 is 19.7 Å². The number of hydrogen-bond acceptors (Lipinski definition) is 6. The van der Waals surface area contributed by atoms with Crippen LogP contribution in [-0.4, -0.2) is 57.0 Å². The van der Waals surface area contributed by atoms with Crippen molar-refractivity contribution in [1.82, 2.24) is 14.5 Å². The number of ether oxygens (including phenoxy) is 1. The van der Waals surface area contributed by atoms with Crippen molar-refractivity contribution in [2.75, 3.05) is 31.2 Å². The van der Waals surface area contributed by atoms with Crippen LogP contribution in [-0.2, 0) is 22.7 Å². The molecule has 0 atom stereocenters. The summed E-state index contributed by atoms with van der Waals surface area (Å²) in [7, 11) is 0. The molecule has 2 N–H and O–H groups in total. The zero-order chi connectivity index (χ0) is 18.8. The number of hydrogen-bond donors (Lipinski definition) is 2. The van der Waals surface area contributed by atoms with Crippen molar-refractivity contribution in [3.63, 3.8) is 0 Å². The molecule has 27 heavy (non-hydrogen) atoms. The van der Waals surface area contributed by atoms with Crippen LogP contribution in [0.3, 0.4) is 0 Å². The number of aliphatic hydroxyl groups is 1. The molecule has 0 amide bonds. The Morgan fingerprint density at radius 1 is 1.19 bits per heavy atom. The van der Waals surface area contributed by atoms with Gasteiger partial charge in [-0.3, -0.25) is 4.79 Å². The minimum Gasteiger partial charge on any atom is -0.480 e. The van der Waals surface area contributed by atoms with Crippen LogP contribution in [0.25, 0.3) is 22.4 Å². The third kappa shape index (κ3) is 3.49. The maximum absolute atomic E-state index is 11.2. The van der Waals surface area contributed by atoms with Gasteiger partial charge in [-0.1, -0.05) is 18.2 Å². The number of benzene rings is 1. The monoisotopic (exact) mass is 368 g/mol. The van der Waals surface area contributed by atoms with Gasteiger partial charge in [-0.05, 0) is 17.7 Å². The van der Waals surface area contributed by atoms with Crippen molar-refractivity contribution in [1.29, 1.82) is 0 Å². The first-order valence-corrected chi connectivity index (χ1v) is 8.77. The molecular weight excluding hydrogens is 348 g/mol. The summed E-state index contributed by atoms with van der Waals surface area (Å²) in [5.41, 5.74) is 3.00. The normalized spacial score (nSPS) is 14.6. The first-order valence-electron chi connectivity index (χ1n) is 8.77. The van der Waals surface area contributed by atoms with E-state index >= 15 is 0 Å². The highest BCUT2D eigenvalue weighted by Crippen LogP contribution is 2.29. The molecule has 1 aliphatic heterocycles. The summed E-state index contributed by atoms with van der Waals surface area (Å²) < 4.78 is 7.10. The van der Waals surface area contributed by atoms with E-state index in [9.17, 15) is 15.0 Å². The number of rotatable bonds is 5. The molecule has 0 unspecified atom stereocenters. The Morgan fingerprint density at radius 2 is 2.00 bits per heavy atom. The molecule has 1 saturated heterocycles. The summed E-state index contributed by atoms with van der Waals surface area (Å²) in [6, 6.07) is 9.27. The fourth-order valence-corrected chi connectivity index (χ4v) is 3.30. The summed E-state index contributed by atoms with van der Waals surface area (Å²) in [6.45, 7) is 2.35. The number of anilines is 1. The lowest BCUT2D eigenvalue weighted by Gasteiger charge is -2.29. The first-order chi connectivity index (χ1) is 13.2. The molecule has 8 nitrogen and oxygen atoms in total. The fraction of sp³-hybridized carbons (Fsp3) is 0.316. The molecule has 3 heterocycles. The van der Waals surface area contributed by atoms with Gasteiger partial charge in [0.05, 0.1) is 25.3 Å². The standard InChI is InChI=1S/C19H20N4O4/c24-12-13-2-1-3-14(10-13)18-20-15-4-5-23(11-16(25)26)17(15)19(21-18)22-6-8-27-9-7-22/h1-5,10,24H,6-9,11-12H2,(H,25,26). The summed E-state index contributed by atoms with van der Waals surface area (Å²) in [5.74, 6) is 0.339. The number of aliphatic hydroxyl groups excluding tert-OH is 1. The second-order valence-corrected chi connectivity index (χ2v) is 6.40. The van der Waals surface area contributed by atoms with Crippen LogP contribution >= 0.6 is 0 Å². The van der Waals surface area contributed by atoms with Crippen LogP contribution in [0.2, 0.25) is 0 Å². The van der Waals surface area contributed by atoms with Gasteiger partial charge in [0.25, 0.3) is 0 Å². The van der Waals surface area contributed by atoms with Gasteiger partial charge in [0.2, 0.25) is 0 Å². The quantitative estimate of drug-likeness (QED) is 0.704. The molecule has 2 aromatic heterocycles. The molecule has 140 valence electrons. The van der Waals surface area contributed by atoms with Crippen LogP contribution < -0.4 is 4.90 Å². The van der Waals surface area contributed by atoms with Crippen molar-refractivity contribution in [3.05, 3.63) is 42.1 Å². The maximum Gasteiger partial charge on any atom is 0.323 e. The van der Waals surface area contributed by atoms with Gasteiger partial charge < -0.3 is 24.4 Å². The fourth-order valence-electron chi connectivity index (χ4n) is 3.30. The zero-order valence-electron chi connectivity index (χ0n) is 14.7. The van der Waals surface area contributed by atoms with E-state index in [1.807, 2.05) is 30.3 Å². The van der Waals surface area contributed by atoms with E-state index in [0.717, 1.165) is 11.1 Å². The van der Waals surface area contributed by atoms with Crippen LogP contribution in [0.15, 0.2) is 36.5 Å². The second kappa shape index (κ2) is 7.34. The van der Waals surface area contributed by atoms with Crippen LogP contribution in [0.1, 0.15) is 5.56 Å². The zero-order valence-corrected chi connectivity index (χ0v) is 14.7. The number of carbonyl (C=O) groups is 1. The van der Waals surface area contributed by atoms with Gasteiger partial charge in [0, 0.05) is 24.8 Å². The molecule has 0 bridgehead atoms. The van der Waals surface area contributed by atoms with Gasteiger partial charge in [-0.25, -0.2) is 9.97 Å². The average molecular weight is 368 g/mol. The van der Waals surface area contributed by atoms with E-state index in [4.69, 9.17) is 9.72 Å². The Hall–Kier alpha value is -2.97. The maximum atomic E-state index is 11.2. The molecule has 1 aromatic carbocycles. The Morgan fingerprint density at radius 3 is 2.74 bits per heavy atom. The van der Waals surface area contributed by atoms with Gasteiger partial charge in [-0.15, -0.1) is 0 Å². The number of aliphatic carboxylic acids is 1. The van der Waals surface area contributed by atoms with Crippen LogP contribution in [0.5, 0.6) is 0 Å². The van der Waals surface area contributed by atoms with E-state index < -0.39 is 5.97 Å². The van der Waals surface area contributed by atoms with E-state index in [1.165, 1.54) is 0 Å². The molecule has 3 aromatic rings. The number of aromatic nitrogens is 3. The summed E-state index contributed by atoms with van der Waals surface area (Å²) in [4.78, 5) is 22.8. The third-order valence-electron chi connectivity index (χ3n) is 4.58. The lowest BCUT2D eigenvalue weighted by molar-refractivity contribution is -0.137. The Bertz CT molecular complexity index is 979. The van der Waals surface area contributed by atoms with Crippen molar-refractivity contribution >= 4 is 22.8 Å². The molecule has 0 spiro atoms. The Balaban J connectivity index is 1.88.